The molecular formula is C22H30N4OS. The van der Waals surface area contributed by atoms with Crippen LogP contribution in [-0.2, 0) is 24.3 Å². The smallest absolute Gasteiger partial charge is 0.222 e. The van der Waals surface area contributed by atoms with Gasteiger partial charge in [-0.2, -0.15) is 0 Å². The number of guanidine groups is 1. The number of benzene rings is 1. The van der Waals surface area contributed by atoms with Gasteiger partial charge in [0.05, 0.1) is 6.54 Å². The lowest BCUT2D eigenvalue weighted by molar-refractivity contribution is -0.128. The van der Waals surface area contributed by atoms with E-state index < -0.39 is 0 Å². The molecule has 1 aliphatic rings. The third-order valence-electron chi connectivity index (χ3n) is 5.02. The van der Waals surface area contributed by atoms with Crippen LogP contribution in [0.2, 0.25) is 0 Å². The maximum Gasteiger partial charge on any atom is 0.222 e. The van der Waals surface area contributed by atoms with Gasteiger partial charge in [-0.15, -0.1) is 11.3 Å². The van der Waals surface area contributed by atoms with Crippen LogP contribution in [-0.4, -0.2) is 48.3 Å². The number of hydrogen-bond donors (Lipinski definition) is 1. The van der Waals surface area contributed by atoms with Crippen molar-refractivity contribution in [3.8, 4) is 0 Å². The van der Waals surface area contributed by atoms with Crippen molar-refractivity contribution in [2.45, 2.75) is 39.3 Å². The van der Waals surface area contributed by atoms with Crippen LogP contribution in [0.4, 0.5) is 0 Å². The van der Waals surface area contributed by atoms with Crippen molar-refractivity contribution >= 4 is 23.2 Å². The van der Waals surface area contributed by atoms with Gasteiger partial charge in [-0.3, -0.25) is 4.79 Å². The highest BCUT2D eigenvalue weighted by atomic mass is 32.1. The Kier molecular flexibility index (Phi) is 7.48. The average molecular weight is 399 g/mol. The third kappa shape index (κ3) is 5.58. The standard InChI is InChI=1S/C22H30N4OS/c1-3-23-22(25(2)14-12-20-10-7-15-28-20)24-16-18-8-4-5-9-19(18)17-26-13-6-11-21(26)27/h4-5,7-10,15H,3,6,11-14,16-17H2,1-2H3,(H,23,24). The normalized spacial score (nSPS) is 14.6. The van der Waals surface area contributed by atoms with E-state index in [1.165, 1.54) is 16.0 Å². The monoisotopic (exact) mass is 398 g/mol. The Morgan fingerprint density at radius 2 is 2.07 bits per heavy atom. The summed E-state index contributed by atoms with van der Waals surface area (Å²) in [6, 6.07) is 12.6. The number of rotatable bonds is 8. The molecule has 0 bridgehead atoms. The molecule has 28 heavy (non-hydrogen) atoms. The second-order valence-corrected chi connectivity index (χ2v) is 8.14. The van der Waals surface area contributed by atoms with Crippen molar-refractivity contribution in [1.82, 2.24) is 15.1 Å². The van der Waals surface area contributed by atoms with Crippen molar-refractivity contribution < 1.29 is 4.79 Å². The number of carbonyl (C=O) groups excluding carboxylic acids is 1. The van der Waals surface area contributed by atoms with E-state index in [-0.39, 0.29) is 5.91 Å². The zero-order valence-corrected chi connectivity index (χ0v) is 17.7. The van der Waals surface area contributed by atoms with Crippen LogP contribution in [0.15, 0.2) is 46.8 Å². The molecular weight excluding hydrogens is 368 g/mol. The molecule has 1 amide bonds. The Morgan fingerprint density at radius 1 is 1.25 bits per heavy atom. The van der Waals surface area contributed by atoms with E-state index in [1.54, 1.807) is 11.3 Å². The molecule has 1 aromatic carbocycles. The minimum absolute atomic E-state index is 0.264. The quantitative estimate of drug-likeness (QED) is 0.547. The molecule has 1 aliphatic heterocycles. The van der Waals surface area contributed by atoms with E-state index in [9.17, 15) is 4.79 Å². The number of hydrogen-bond acceptors (Lipinski definition) is 3. The summed E-state index contributed by atoms with van der Waals surface area (Å²) in [6.45, 7) is 6.03. The Bertz CT molecular complexity index is 788. The summed E-state index contributed by atoms with van der Waals surface area (Å²) < 4.78 is 0. The molecule has 1 fully saturated rings. The summed E-state index contributed by atoms with van der Waals surface area (Å²) in [7, 11) is 2.09. The first kappa shape index (κ1) is 20.4. The summed E-state index contributed by atoms with van der Waals surface area (Å²) in [5.41, 5.74) is 2.38. The number of likely N-dealkylation sites (N-methyl/N-ethyl adjacent to an activating group) is 1. The fourth-order valence-electron chi connectivity index (χ4n) is 3.41. The molecule has 2 aromatic rings. The molecule has 0 saturated carbocycles. The van der Waals surface area contributed by atoms with Gasteiger partial charge in [0.2, 0.25) is 5.91 Å². The largest absolute Gasteiger partial charge is 0.357 e. The second kappa shape index (κ2) is 10.3. The van der Waals surface area contributed by atoms with E-state index in [1.807, 2.05) is 17.0 Å². The minimum atomic E-state index is 0.264. The molecule has 0 atom stereocenters. The molecule has 150 valence electrons. The topological polar surface area (TPSA) is 47.9 Å². The number of likely N-dealkylation sites (tertiary alicyclic amines) is 1. The van der Waals surface area contributed by atoms with E-state index in [0.29, 0.717) is 19.5 Å². The highest BCUT2D eigenvalue weighted by Gasteiger charge is 2.20. The first-order valence-electron chi connectivity index (χ1n) is 10.0. The van der Waals surface area contributed by atoms with Crippen molar-refractivity contribution in [2.75, 3.05) is 26.7 Å². The predicted octanol–water partition coefficient (Wildman–Crippen LogP) is 3.51. The van der Waals surface area contributed by atoms with Crippen LogP contribution in [0.3, 0.4) is 0 Å². The number of amides is 1. The van der Waals surface area contributed by atoms with Crippen LogP contribution in [0.1, 0.15) is 35.8 Å². The van der Waals surface area contributed by atoms with Crippen LogP contribution in [0, 0.1) is 0 Å². The predicted molar refractivity (Wildman–Crippen MR) is 117 cm³/mol. The van der Waals surface area contributed by atoms with Crippen molar-refractivity contribution in [3.63, 3.8) is 0 Å². The van der Waals surface area contributed by atoms with Crippen molar-refractivity contribution in [2.24, 2.45) is 4.99 Å². The highest BCUT2D eigenvalue weighted by molar-refractivity contribution is 7.09. The summed E-state index contributed by atoms with van der Waals surface area (Å²) in [5, 5.41) is 5.52. The summed E-state index contributed by atoms with van der Waals surface area (Å²) in [5.74, 6) is 1.19. The number of aliphatic imine (C=N–C) groups is 1. The SMILES string of the molecule is CCNC(=NCc1ccccc1CN1CCCC1=O)N(C)CCc1cccs1. The van der Waals surface area contributed by atoms with Gasteiger partial charge >= 0.3 is 0 Å². The lowest BCUT2D eigenvalue weighted by atomic mass is 10.1. The Morgan fingerprint density at radius 3 is 2.75 bits per heavy atom. The zero-order chi connectivity index (χ0) is 19.8. The Hall–Kier alpha value is -2.34. The molecule has 1 N–H and O–H groups in total. The molecule has 3 rings (SSSR count). The lowest BCUT2D eigenvalue weighted by Crippen LogP contribution is -2.39. The molecule has 0 radical (unpaired) electrons. The van der Waals surface area contributed by atoms with Gasteiger partial charge in [-0.05, 0) is 42.3 Å². The van der Waals surface area contributed by atoms with Crippen molar-refractivity contribution in [3.05, 3.63) is 57.8 Å². The molecule has 2 heterocycles. The molecule has 5 nitrogen and oxygen atoms in total. The number of thiophene rings is 1. The Labute approximate surface area is 172 Å². The summed E-state index contributed by atoms with van der Waals surface area (Å²) in [4.78, 5) is 22.4. The van der Waals surface area contributed by atoms with Gasteiger partial charge in [0.15, 0.2) is 5.96 Å². The van der Waals surface area contributed by atoms with Crippen molar-refractivity contribution in [1.29, 1.82) is 0 Å². The molecule has 6 heteroatoms. The Balaban J connectivity index is 1.65. The second-order valence-electron chi connectivity index (χ2n) is 7.11. The fourth-order valence-corrected chi connectivity index (χ4v) is 4.11. The summed E-state index contributed by atoms with van der Waals surface area (Å²) >= 11 is 1.80. The van der Waals surface area contributed by atoms with E-state index >= 15 is 0 Å². The summed E-state index contributed by atoms with van der Waals surface area (Å²) in [6.07, 6.45) is 2.67. The van der Waals surface area contributed by atoms with Crippen LogP contribution in [0.5, 0.6) is 0 Å². The van der Waals surface area contributed by atoms with E-state index in [0.717, 1.165) is 38.4 Å². The number of nitrogens with one attached hydrogen (secondary N) is 1. The van der Waals surface area contributed by atoms with Gasteiger partial charge in [-0.25, -0.2) is 4.99 Å². The van der Waals surface area contributed by atoms with E-state index in [4.69, 9.17) is 4.99 Å². The van der Waals surface area contributed by atoms with Gasteiger partial charge in [0, 0.05) is 44.5 Å². The zero-order valence-electron chi connectivity index (χ0n) is 16.9. The van der Waals surface area contributed by atoms with E-state index in [2.05, 4.69) is 53.8 Å². The fraction of sp³-hybridized carbons (Fsp3) is 0.455. The minimum Gasteiger partial charge on any atom is -0.357 e. The average Bonchev–Trinajstić information content (AvgIpc) is 3.36. The molecule has 0 spiro atoms. The molecule has 0 aliphatic carbocycles. The first-order chi connectivity index (χ1) is 13.7. The molecule has 1 saturated heterocycles. The van der Waals surface area contributed by atoms with Crippen LogP contribution in [0.25, 0.3) is 0 Å². The van der Waals surface area contributed by atoms with Crippen LogP contribution < -0.4 is 5.32 Å². The van der Waals surface area contributed by atoms with Crippen LogP contribution >= 0.6 is 11.3 Å². The van der Waals surface area contributed by atoms with Gasteiger partial charge in [-0.1, -0.05) is 30.3 Å². The maximum atomic E-state index is 12.0. The molecule has 0 unspecified atom stereocenters. The number of carbonyl (C=O) groups is 1. The molecule has 1 aromatic heterocycles. The lowest BCUT2D eigenvalue weighted by Gasteiger charge is -2.22. The maximum absolute atomic E-state index is 12.0. The third-order valence-corrected chi connectivity index (χ3v) is 5.96. The van der Waals surface area contributed by atoms with Gasteiger partial charge in [0.25, 0.3) is 0 Å². The number of nitrogens with zero attached hydrogens (tertiary/aromatic N) is 3. The highest BCUT2D eigenvalue weighted by Crippen LogP contribution is 2.18. The first-order valence-corrected chi connectivity index (χ1v) is 10.9. The van der Waals surface area contributed by atoms with Gasteiger partial charge in [0.1, 0.15) is 0 Å². The van der Waals surface area contributed by atoms with Gasteiger partial charge < -0.3 is 15.1 Å².